The fourth-order valence-corrected chi connectivity index (χ4v) is 11.6. The Labute approximate surface area is 368 Å². The number of hydrogen-bond acceptors (Lipinski definition) is 4. The molecule has 298 valence electrons. The maximum Gasteiger partial charge on any atom is 0.247 e. The van der Waals surface area contributed by atoms with Crippen LogP contribution in [0.15, 0.2) is 180 Å². The number of hydrogen-bond donors (Lipinski definition) is 1. The van der Waals surface area contributed by atoms with Crippen LogP contribution in [0.3, 0.4) is 0 Å². The molecule has 5 aliphatic rings. The van der Waals surface area contributed by atoms with E-state index in [-0.39, 0.29) is 18.6 Å². The first kappa shape index (κ1) is 37.2. The monoisotopic (exact) mass is 798 g/mol. The average Bonchev–Trinajstić information content (AvgIpc) is 3.31. The highest BCUT2D eigenvalue weighted by Crippen LogP contribution is 2.59. The van der Waals surface area contributed by atoms with E-state index in [0.29, 0.717) is 11.8 Å². The molecule has 0 fully saturated rings. The first-order valence-electron chi connectivity index (χ1n) is 22.6. The zero-order valence-electron chi connectivity index (χ0n) is 36.2. The van der Waals surface area contributed by atoms with Crippen molar-refractivity contribution in [1.82, 2.24) is 0 Å². The van der Waals surface area contributed by atoms with Crippen molar-refractivity contribution in [1.29, 1.82) is 0 Å². The molecule has 7 aromatic carbocycles. The lowest BCUT2D eigenvalue weighted by atomic mass is 9.27. The maximum absolute atomic E-state index is 3.99. The van der Waals surface area contributed by atoms with Crippen molar-refractivity contribution in [2.75, 3.05) is 27.1 Å². The fraction of sp³-hybridized carbons (Fsp3) is 0.164. The van der Waals surface area contributed by atoms with Crippen molar-refractivity contribution in [2.24, 2.45) is 0 Å². The molecule has 0 aromatic heterocycles. The number of anilines is 8. The molecule has 0 saturated heterocycles. The van der Waals surface area contributed by atoms with E-state index in [1.807, 2.05) is 0 Å². The highest BCUT2D eigenvalue weighted by Gasteiger charge is 2.56. The molecule has 0 saturated carbocycles. The quantitative estimate of drug-likeness (QED) is 0.162. The zero-order chi connectivity index (χ0) is 41.8. The Morgan fingerprint density at radius 2 is 1.24 bits per heavy atom. The van der Waals surface area contributed by atoms with E-state index in [4.69, 9.17) is 0 Å². The molecule has 4 heterocycles. The second kappa shape index (κ2) is 14.2. The highest BCUT2D eigenvalue weighted by molar-refractivity contribution is 6.95. The van der Waals surface area contributed by atoms with Gasteiger partial charge in [-0.05, 0) is 111 Å². The number of fused-ring (bicyclic) bond motifs is 10. The van der Waals surface area contributed by atoms with E-state index >= 15 is 0 Å². The van der Waals surface area contributed by atoms with Gasteiger partial charge in [0.2, 0.25) is 6.71 Å². The van der Waals surface area contributed by atoms with Crippen LogP contribution in [0.25, 0.3) is 5.57 Å². The Bertz CT molecular complexity index is 3010. The predicted octanol–water partition coefficient (Wildman–Crippen LogP) is 9.88. The third-order valence-electron chi connectivity index (χ3n) is 14.5. The number of rotatable bonds is 7. The second-order valence-corrected chi connectivity index (χ2v) is 18.6. The zero-order valence-corrected chi connectivity index (χ0v) is 36.2. The number of benzene rings is 7. The number of nitrogens with zero attached hydrogens (tertiary/aromatic N) is 3. The summed E-state index contributed by atoms with van der Waals surface area (Å²) in [5.74, 6) is 1.01. The molecule has 4 aliphatic heterocycles. The summed E-state index contributed by atoms with van der Waals surface area (Å²) in [7, 11) is 4.06. The topological polar surface area (TPSA) is 21.8 Å². The lowest BCUT2D eigenvalue weighted by Crippen LogP contribution is -2.66. The van der Waals surface area contributed by atoms with Gasteiger partial charge < -0.3 is 20.0 Å². The molecule has 7 heteroatoms. The van der Waals surface area contributed by atoms with Gasteiger partial charge >= 0.3 is 0 Å². The normalized spacial score (nSPS) is 17.4. The predicted molar refractivity (Wildman–Crippen MR) is 269 cm³/mol. The summed E-state index contributed by atoms with van der Waals surface area (Å²) in [6.07, 6.45) is 0. The van der Waals surface area contributed by atoms with Gasteiger partial charge in [-0.2, -0.15) is 0 Å². The summed E-state index contributed by atoms with van der Waals surface area (Å²) in [6.45, 7) is 9.48. The summed E-state index contributed by atoms with van der Waals surface area (Å²) in [6, 6.07) is 61.9. The molecule has 62 heavy (non-hydrogen) atoms. The average molecular weight is 798 g/mol. The molecule has 0 amide bonds. The molecule has 0 spiro atoms. The molecule has 2 unspecified atom stereocenters. The molecule has 4 nitrogen and oxygen atoms in total. The van der Waals surface area contributed by atoms with Gasteiger partial charge in [0.25, 0.3) is 0 Å². The Morgan fingerprint density at radius 1 is 0.613 bits per heavy atom. The van der Waals surface area contributed by atoms with E-state index in [1.165, 1.54) is 89.4 Å². The minimum absolute atomic E-state index is 0.101. The Morgan fingerprint density at radius 3 is 1.97 bits per heavy atom. The van der Waals surface area contributed by atoms with E-state index in [9.17, 15) is 0 Å². The van der Waals surface area contributed by atoms with Crippen LogP contribution in [0.1, 0.15) is 56.2 Å². The Kier molecular flexibility index (Phi) is 8.54. The van der Waals surface area contributed by atoms with Gasteiger partial charge in [0.1, 0.15) is 0 Å². The minimum Gasteiger partial charge on any atom is -0.355 e. The van der Waals surface area contributed by atoms with E-state index < -0.39 is 0 Å². The lowest BCUT2D eigenvalue weighted by Gasteiger charge is -2.58. The van der Waals surface area contributed by atoms with Gasteiger partial charge in [-0.1, -0.05) is 147 Å². The van der Waals surface area contributed by atoms with Crippen LogP contribution in [-0.4, -0.2) is 34.4 Å². The summed E-state index contributed by atoms with van der Waals surface area (Å²) in [4.78, 5) is 7.88. The molecule has 1 aliphatic carbocycles. The third-order valence-corrected chi connectivity index (χ3v) is 14.5. The van der Waals surface area contributed by atoms with E-state index in [2.05, 4.69) is 219 Å². The minimum atomic E-state index is 0.101. The Balaban J connectivity index is 1.24. The molecule has 0 radical (unpaired) electrons. The summed E-state index contributed by atoms with van der Waals surface area (Å²) < 4.78 is 0. The van der Waals surface area contributed by atoms with Gasteiger partial charge in [0.05, 0.1) is 11.7 Å². The summed E-state index contributed by atoms with van der Waals surface area (Å²) in [5.41, 5.74) is 25.5. The van der Waals surface area contributed by atoms with Crippen LogP contribution in [0, 0.1) is 0 Å². The molecule has 0 bridgehead atoms. The molecule has 1 N–H and O–H groups in total. The first-order valence-corrected chi connectivity index (χ1v) is 22.6. The lowest BCUT2D eigenvalue weighted by molar-refractivity contribution is 0.746. The van der Waals surface area contributed by atoms with Crippen LogP contribution in [0.2, 0.25) is 5.82 Å². The first-order chi connectivity index (χ1) is 30.4. The fourth-order valence-electron chi connectivity index (χ4n) is 11.6. The van der Waals surface area contributed by atoms with Crippen molar-refractivity contribution in [3.05, 3.63) is 197 Å². The SMILES string of the molecule is CC(C)c1ccc2c(c1)B1C3=C4C(=C(c5c(Nc6ccccc6)cccc5N(C)c5ccccc5)C5Bc6ccccc6N(c6ccc(C(C)C)cc61)C35)Bc1ccccc1N42. The molecule has 2 atom stereocenters. The smallest absolute Gasteiger partial charge is 0.247 e. The van der Waals surface area contributed by atoms with E-state index in [0.717, 1.165) is 25.9 Å². The van der Waals surface area contributed by atoms with Crippen LogP contribution >= 0.6 is 0 Å². The van der Waals surface area contributed by atoms with Crippen molar-refractivity contribution in [3.63, 3.8) is 0 Å². The largest absolute Gasteiger partial charge is 0.355 e. The van der Waals surface area contributed by atoms with E-state index in [1.54, 1.807) is 5.47 Å². The second-order valence-electron chi connectivity index (χ2n) is 18.6. The van der Waals surface area contributed by atoms with Crippen molar-refractivity contribution in [2.45, 2.75) is 51.4 Å². The Hall–Kier alpha value is -6.59. The number of para-hydroxylation sites is 4. The van der Waals surface area contributed by atoms with Crippen LogP contribution < -0.4 is 41.9 Å². The molecular weight excluding hydrogens is 749 g/mol. The van der Waals surface area contributed by atoms with Gasteiger partial charge in [0.15, 0.2) is 14.6 Å². The van der Waals surface area contributed by atoms with Gasteiger partial charge in [-0.25, -0.2) is 0 Å². The van der Waals surface area contributed by atoms with Crippen molar-refractivity contribution in [3.8, 4) is 0 Å². The van der Waals surface area contributed by atoms with Gasteiger partial charge in [0, 0.05) is 58.1 Å². The van der Waals surface area contributed by atoms with Crippen LogP contribution in [-0.2, 0) is 0 Å². The molecule has 7 aromatic rings. The summed E-state index contributed by atoms with van der Waals surface area (Å²) >= 11 is 0. The highest BCUT2D eigenvalue weighted by atomic mass is 15.2. The molecule has 12 rings (SSSR count). The standard InChI is InChI=1S/C55H49B3N4/c1-33(2)35-27-29-46-41(31-35)58-42-32-36(34(3)4)28-30-47(42)62-45-25-15-13-22-40(45)57-52-50(51-54(53(58)55(52)62)61(46)44-24-14-12-21-39(44)56-51)49-43(59-37-17-8-6-9-18-37)23-16-26-48(49)60(5)38-19-10-7-11-20-38/h6-34,51,54,56-57,59H,1-5H3. The van der Waals surface area contributed by atoms with Gasteiger partial charge in [-0.3, -0.25) is 0 Å². The summed E-state index contributed by atoms with van der Waals surface area (Å²) in [5, 5.41) is 3.99. The number of allylic oxidation sites excluding steroid dienone is 1. The van der Waals surface area contributed by atoms with Crippen molar-refractivity contribution >= 4 is 94.2 Å². The van der Waals surface area contributed by atoms with Crippen LogP contribution in [0.4, 0.5) is 45.5 Å². The van der Waals surface area contributed by atoms with Crippen LogP contribution in [0.5, 0.6) is 0 Å². The third kappa shape index (κ3) is 5.50. The maximum atomic E-state index is 3.99. The van der Waals surface area contributed by atoms with Gasteiger partial charge in [-0.15, -0.1) is 0 Å². The van der Waals surface area contributed by atoms with Crippen molar-refractivity contribution < 1.29 is 0 Å². The molecular formula is C55H49B3N4. The number of nitrogens with one attached hydrogen (secondary N) is 1.